The van der Waals surface area contributed by atoms with Crippen LogP contribution < -0.4 is 0 Å². The molecule has 0 amide bonds. The Bertz CT molecular complexity index is 684. The first-order chi connectivity index (χ1) is 11.2. The van der Waals surface area contributed by atoms with E-state index in [0.29, 0.717) is 5.92 Å². The minimum absolute atomic E-state index is 0.0660. The quantitative estimate of drug-likeness (QED) is 0.853. The molecule has 0 bridgehead atoms. The van der Waals surface area contributed by atoms with Gasteiger partial charge in [0.25, 0.3) is 0 Å². The molecule has 4 heteroatoms. The van der Waals surface area contributed by atoms with E-state index in [0.717, 1.165) is 29.6 Å². The molecule has 0 saturated heterocycles. The van der Waals surface area contributed by atoms with Crippen LogP contribution in [-0.4, -0.2) is 20.6 Å². The SMILES string of the molecule is CCCCn1c(C2CCCCC2)nc2cc(CC(=O)O)ccc21. The number of carboxylic acids is 1. The molecule has 0 atom stereocenters. The Kier molecular flexibility index (Phi) is 4.99. The maximum absolute atomic E-state index is 10.9. The molecule has 1 heterocycles. The maximum atomic E-state index is 10.9. The van der Waals surface area contributed by atoms with E-state index in [1.54, 1.807) is 0 Å². The largest absolute Gasteiger partial charge is 0.481 e. The number of rotatable bonds is 6. The van der Waals surface area contributed by atoms with E-state index in [-0.39, 0.29) is 6.42 Å². The van der Waals surface area contributed by atoms with Gasteiger partial charge in [0.1, 0.15) is 5.82 Å². The topological polar surface area (TPSA) is 55.1 Å². The van der Waals surface area contributed by atoms with Crippen LogP contribution in [0.25, 0.3) is 11.0 Å². The molecule has 1 aliphatic carbocycles. The molecule has 0 radical (unpaired) electrons. The Balaban J connectivity index is 1.99. The van der Waals surface area contributed by atoms with Crippen LogP contribution in [0, 0.1) is 0 Å². The van der Waals surface area contributed by atoms with Crippen LogP contribution in [0.4, 0.5) is 0 Å². The fraction of sp³-hybridized carbons (Fsp3) is 0.579. The molecule has 0 spiro atoms. The number of fused-ring (bicyclic) bond motifs is 1. The van der Waals surface area contributed by atoms with E-state index in [1.807, 2.05) is 12.1 Å². The van der Waals surface area contributed by atoms with Gasteiger partial charge in [-0.1, -0.05) is 38.7 Å². The van der Waals surface area contributed by atoms with Crippen molar-refractivity contribution in [3.63, 3.8) is 0 Å². The molecule has 23 heavy (non-hydrogen) atoms. The summed E-state index contributed by atoms with van der Waals surface area (Å²) in [6, 6.07) is 5.95. The molecule has 1 aromatic heterocycles. The van der Waals surface area contributed by atoms with Gasteiger partial charge in [-0.15, -0.1) is 0 Å². The summed E-state index contributed by atoms with van der Waals surface area (Å²) in [7, 11) is 0. The zero-order chi connectivity index (χ0) is 16.2. The molecule has 0 aliphatic heterocycles. The number of carboxylic acid groups (broad SMARTS) is 1. The smallest absolute Gasteiger partial charge is 0.307 e. The summed E-state index contributed by atoms with van der Waals surface area (Å²) in [5, 5.41) is 8.99. The van der Waals surface area contributed by atoms with E-state index >= 15 is 0 Å². The fourth-order valence-corrected chi connectivity index (χ4v) is 3.70. The monoisotopic (exact) mass is 314 g/mol. The van der Waals surface area contributed by atoms with Crippen molar-refractivity contribution in [2.24, 2.45) is 0 Å². The highest BCUT2D eigenvalue weighted by Gasteiger charge is 2.22. The van der Waals surface area contributed by atoms with E-state index in [4.69, 9.17) is 10.1 Å². The van der Waals surface area contributed by atoms with E-state index < -0.39 is 5.97 Å². The van der Waals surface area contributed by atoms with Crippen LogP contribution in [0.3, 0.4) is 0 Å². The van der Waals surface area contributed by atoms with Gasteiger partial charge in [0.05, 0.1) is 17.5 Å². The highest BCUT2D eigenvalue weighted by Crippen LogP contribution is 2.34. The normalized spacial score (nSPS) is 16.0. The standard InChI is InChI=1S/C19H26N2O2/c1-2-3-11-21-17-10-9-14(13-18(22)23)12-16(17)20-19(21)15-7-5-4-6-8-15/h9-10,12,15H,2-8,11,13H2,1H3,(H,22,23). The predicted octanol–water partition coefficient (Wildman–Crippen LogP) is 4.51. The van der Waals surface area contributed by atoms with Crippen molar-refractivity contribution >= 4 is 17.0 Å². The van der Waals surface area contributed by atoms with Crippen molar-refractivity contribution in [1.82, 2.24) is 9.55 Å². The number of nitrogens with zero attached hydrogens (tertiary/aromatic N) is 2. The highest BCUT2D eigenvalue weighted by molar-refractivity contribution is 5.79. The third-order valence-corrected chi connectivity index (χ3v) is 4.90. The van der Waals surface area contributed by atoms with E-state index in [9.17, 15) is 4.79 Å². The summed E-state index contributed by atoms with van der Waals surface area (Å²) in [4.78, 5) is 15.9. The number of aromatic nitrogens is 2. The van der Waals surface area contributed by atoms with Gasteiger partial charge in [0.15, 0.2) is 0 Å². The van der Waals surface area contributed by atoms with Crippen LogP contribution >= 0.6 is 0 Å². The molecule has 1 aliphatic rings. The van der Waals surface area contributed by atoms with Gasteiger partial charge in [-0.05, 0) is 37.0 Å². The Morgan fingerprint density at radius 2 is 2.09 bits per heavy atom. The van der Waals surface area contributed by atoms with E-state index in [1.165, 1.54) is 44.3 Å². The first-order valence-electron chi connectivity index (χ1n) is 8.90. The van der Waals surface area contributed by atoms with Crippen LogP contribution in [0.15, 0.2) is 18.2 Å². The van der Waals surface area contributed by atoms with Crippen molar-refractivity contribution in [2.45, 2.75) is 70.8 Å². The lowest BCUT2D eigenvalue weighted by molar-refractivity contribution is -0.136. The van der Waals surface area contributed by atoms with Crippen LogP contribution in [-0.2, 0) is 17.8 Å². The third kappa shape index (κ3) is 3.57. The van der Waals surface area contributed by atoms with Crippen molar-refractivity contribution in [3.05, 3.63) is 29.6 Å². The number of benzene rings is 1. The molecule has 1 saturated carbocycles. The minimum Gasteiger partial charge on any atom is -0.481 e. The number of aliphatic carboxylic acids is 1. The number of unbranched alkanes of at least 4 members (excludes halogenated alkanes) is 1. The van der Waals surface area contributed by atoms with Gasteiger partial charge in [0, 0.05) is 12.5 Å². The number of aryl methyl sites for hydroxylation is 1. The second kappa shape index (κ2) is 7.16. The average Bonchev–Trinajstić information content (AvgIpc) is 2.91. The van der Waals surface area contributed by atoms with Crippen molar-refractivity contribution in [3.8, 4) is 0 Å². The highest BCUT2D eigenvalue weighted by atomic mass is 16.4. The molecule has 0 unspecified atom stereocenters. The third-order valence-electron chi connectivity index (χ3n) is 4.90. The summed E-state index contributed by atoms with van der Waals surface area (Å²) in [6.07, 6.45) is 8.79. The van der Waals surface area contributed by atoms with Gasteiger partial charge in [-0.2, -0.15) is 0 Å². The second-order valence-electron chi connectivity index (χ2n) is 6.70. The lowest BCUT2D eigenvalue weighted by Crippen LogP contribution is -2.12. The summed E-state index contributed by atoms with van der Waals surface area (Å²) < 4.78 is 2.39. The maximum Gasteiger partial charge on any atom is 0.307 e. The fourth-order valence-electron chi connectivity index (χ4n) is 3.70. The number of hydrogen-bond donors (Lipinski definition) is 1. The number of imidazole rings is 1. The first kappa shape index (κ1) is 16.0. The second-order valence-corrected chi connectivity index (χ2v) is 6.70. The molecule has 2 aromatic rings. The molecular formula is C19H26N2O2. The van der Waals surface area contributed by atoms with Gasteiger partial charge in [0.2, 0.25) is 0 Å². The van der Waals surface area contributed by atoms with Gasteiger partial charge in [-0.3, -0.25) is 4.79 Å². The molecule has 124 valence electrons. The molecule has 1 aromatic carbocycles. The van der Waals surface area contributed by atoms with Crippen LogP contribution in [0.5, 0.6) is 0 Å². The lowest BCUT2D eigenvalue weighted by Gasteiger charge is -2.22. The number of hydrogen-bond acceptors (Lipinski definition) is 2. The van der Waals surface area contributed by atoms with Gasteiger partial charge >= 0.3 is 5.97 Å². The lowest BCUT2D eigenvalue weighted by atomic mass is 9.88. The van der Waals surface area contributed by atoms with E-state index in [2.05, 4.69) is 17.6 Å². The van der Waals surface area contributed by atoms with Crippen LogP contribution in [0.1, 0.15) is 69.2 Å². The van der Waals surface area contributed by atoms with Crippen molar-refractivity contribution in [1.29, 1.82) is 0 Å². The summed E-state index contributed by atoms with van der Waals surface area (Å²) in [5.74, 6) is 0.999. The molecule has 4 nitrogen and oxygen atoms in total. The zero-order valence-electron chi connectivity index (χ0n) is 13.9. The van der Waals surface area contributed by atoms with Gasteiger partial charge in [-0.25, -0.2) is 4.98 Å². The molecular weight excluding hydrogens is 288 g/mol. The summed E-state index contributed by atoms with van der Waals surface area (Å²) in [5.41, 5.74) is 2.95. The average molecular weight is 314 g/mol. The first-order valence-corrected chi connectivity index (χ1v) is 8.90. The van der Waals surface area contributed by atoms with Crippen LogP contribution in [0.2, 0.25) is 0 Å². The molecule has 1 N–H and O–H groups in total. The van der Waals surface area contributed by atoms with Gasteiger partial charge < -0.3 is 9.67 Å². The minimum atomic E-state index is -0.790. The molecule has 1 fully saturated rings. The Morgan fingerprint density at radius 3 is 2.78 bits per heavy atom. The molecule has 3 rings (SSSR count). The van der Waals surface area contributed by atoms with Crippen molar-refractivity contribution < 1.29 is 9.90 Å². The van der Waals surface area contributed by atoms with Crippen molar-refractivity contribution in [2.75, 3.05) is 0 Å². The summed E-state index contributed by atoms with van der Waals surface area (Å²) >= 11 is 0. The number of carbonyl (C=O) groups is 1. The summed E-state index contributed by atoms with van der Waals surface area (Å²) in [6.45, 7) is 3.22. The Morgan fingerprint density at radius 1 is 1.30 bits per heavy atom. The predicted molar refractivity (Wildman–Crippen MR) is 91.8 cm³/mol. The Labute approximate surface area is 137 Å². The Hall–Kier alpha value is -1.84. The zero-order valence-corrected chi connectivity index (χ0v) is 13.9.